The van der Waals surface area contributed by atoms with Gasteiger partial charge in [-0.2, -0.15) is 4.98 Å². The molecule has 28 heavy (non-hydrogen) atoms. The smallest absolute Gasteiger partial charge is 0.232 e. The van der Waals surface area contributed by atoms with Gasteiger partial charge >= 0.3 is 0 Å². The summed E-state index contributed by atoms with van der Waals surface area (Å²) in [5, 5.41) is 4.52. The number of aromatic nitrogens is 6. The van der Waals surface area contributed by atoms with Crippen LogP contribution in [0, 0.1) is 0 Å². The molecule has 4 atom stereocenters. The quantitative estimate of drug-likeness (QED) is 0.616. The van der Waals surface area contributed by atoms with Crippen LogP contribution in [0.2, 0.25) is 5.15 Å². The summed E-state index contributed by atoms with van der Waals surface area (Å²) < 4.78 is 20.1. The molecule has 0 unspecified atom stereocenters. The van der Waals surface area contributed by atoms with Crippen molar-refractivity contribution < 1.29 is 14.0 Å². The second kappa shape index (κ2) is 5.71. The minimum atomic E-state index is -0.686. The fraction of sp³-hybridized carbons (Fsp3) is 0.611. The van der Waals surface area contributed by atoms with E-state index in [0.717, 1.165) is 25.1 Å². The minimum Gasteiger partial charge on any atom is -0.344 e. The number of hydrogen-bond donors (Lipinski definition) is 0. The van der Waals surface area contributed by atoms with E-state index in [2.05, 4.69) is 25.1 Å². The van der Waals surface area contributed by atoms with Crippen molar-refractivity contribution >= 4 is 22.8 Å². The van der Waals surface area contributed by atoms with Crippen LogP contribution in [0.4, 0.5) is 0 Å². The number of hydrogen-bond acceptors (Lipinski definition) is 8. The standard InChI is InChI=1S/C18H19ClN6O3/c1-18(2)26-12-9(17-23-15(24-28-17)8-3-4-8)5-10(13(12)27-18)25-7-22-11-14(19)20-6-21-16(11)25/h6-10,12-13H,3-5H2,1-2H3/t9-,10+,12+,13-/m0/s1. The van der Waals surface area contributed by atoms with E-state index < -0.39 is 5.79 Å². The minimum absolute atomic E-state index is 0.0379. The van der Waals surface area contributed by atoms with Gasteiger partial charge in [0.15, 0.2) is 22.4 Å². The first-order valence-corrected chi connectivity index (χ1v) is 9.90. The number of nitrogens with zero attached hydrogens (tertiary/aromatic N) is 6. The predicted molar refractivity (Wildman–Crippen MR) is 96.8 cm³/mol. The molecule has 9 nitrogen and oxygen atoms in total. The zero-order valence-corrected chi connectivity index (χ0v) is 16.2. The third kappa shape index (κ3) is 2.49. The van der Waals surface area contributed by atoms with Gasteiger partial charge in [0.2, 0.25) is 5.89 Å². The van der Waals surface area contributed by atoms with Gasteiger partial charge in [-0.05, 0) is 33.1 Å². The molecular formula is C18H19ClN6O3. The van der Waals surface area contributed by atoms with E-state index in [0.29, 0.717) is 28.1 Å². The van der Waals surface area contributed by atoms with Gasteiger partial charge in [0, 0.05) is 5.92 Å². The summed E-state index contributed by atoms with van der Waals surface area (Å²) in [6.07, 6.45) is 5.82. The van der Waals surface area contributed by atoms with Crippen LogP contribution in [0.15, 0.2) is 17.2 Å². The lowest BCUT2D eigenvalue weighted by molar-refractivity contribution is -0.157. The molecule has 0 N–H and O–H groups in total. The molecule has 3 fully saturated rings. The normalized spacial score (nSPS) is 31.5. The van der Waals surface area contributed by atoms with Crippen molar-refractivity contribution in [3.8, 4) is 0 Å². The van der Waals surface area contributed by atoms with Gasteiger partial charge in [-0.3, -0.25) is 0 Å². The first-order valence-electron chi connectivity index (χ1n) is 9.52. The Labute approximate surface area is 165 Å². The molecule has 0 aromatic carbocycles. The lowest BCUT2D eigenvalue weighted by atomic mass is 10.1. The molecule has 2 aliphatic carbocycles. The summed E-state index contributed by atoms with van der Waals surface area (Å²) in [5.74, 6) is 1.14. The highest BCUT2D eigenvalue weighted by atomic mass is 35.5. The maximum Gasteiger partial charge on any atom is 0.232 e. The van der Waals surface area contributed by atoms with E-state index in [9.17, 15) is 0 Å². The number of ether oxygens (including phenoxy) is 2. The fourth-order valence-corrected chi connectivity index (χ4v) is 4.62. The number of imidazole rings is 1. The van der Waals surface area contributed by atoms with Crippen molar-refractivity contribution in [1.82, 2.24) is 29.7 Å². The zero-order chi connectivity index (χ0) is 19.0. The Morgan fingerprint density at radius 2 is 1.96 bits per heavy atom. The Hall–Kier alpha value is -2.10. The van der Waals surface area contributed by atoms with Gasteiger partial charge in [0.05, 0.1) is 18.3 Å². The average Bonchev–Trinajstić information content (AvgIpc) is 3.00. The summed E-state index contributed by atoms with van der Waals surface area (Å²) in [6, 6.07) is -0.0379. The summed E-state index contributed by atoms with van der Waals surface area (Å²) in [5.41, 5.74) is 1.26. The van der Waals surface area contributed by atoms with E-state index in [-0.39, 0.29) is 24.2 Å². The monoisotopic (exact) mass is 402 g/mol. The van der Waals surface area contributed by atoms with Crippen LogP contribution in [0.5, 0.6) is 0 Å². The van der Waals surface area contributed by atoms with Gasteiger partial charge in [0.25, 0.3) is 0 Å². The number of rotatable bonds is 3. The van der Waals surface area contributed by atoms with Crippen molar-refractivity contribution in [2.75, 3.05) is 0 Å². The van der Waals surface area contributed by atoms with E-state index in [4.69, 9.17) is 25.6 Å². The second-order valence-electron chi connectivity index (χ2n) is 8.23. The summed E-state index contributed by atoms with van der Waals surface area (Å²) in [4.78, 5) is 17.5. The Morgan fingerprint density at radius 3 is 2.79 bits per heavy atom. The Bertz CT molecular complexity index is 1060. The maximum absolute atomic E-state index is 6.27. The largest absolute Gasteiger partial charge is 0.344 e. The van der Waals surface area contributed by atoms with Crippen LogP contribution >= 0.6 is 11.6 Å². The van der Waals surface area contributed by atoms with Crippen LogP contribution in [0.3, 0.4) is 0 Å². The SMILES string of the molecule is CC1(C)O[C@@H]2[C@H](O1)[C@@H](c1nc(C3CC3)no1)C[C@H]2n1cnc2c(Cl)ncnc21. The third-order valence-electron chi connectivity index (χ3n) is 5.82. The molecule has 0 spiro atoms. The molecule has 4 heterocycles. The third-order valence-corrected chi connectivity index (χ3v) is 6.10. The Balaban J connectivity index is 1.40. The molecule has 3 aromatic heterocycles. The molecular weight excluding hydrogens is 384 g/mol. The lowest BCUT2D eigenvalue weighted by Crippen LogP contribution is -2.27. The molecule has 1 saturated heterocycles. The predicted octanol–water partition coefficient (Wildman–Crippen LogP) is 2.99. The molecule has 10 heteroatoms. The van der Waals surface area contributed by atoms with Crippen molar-refractivity contribution in [1.29, 1.82) is 0 Å². The van der Waals surface area contributed by atoms with Gasteiger partial charge in [-0.15, -0.1) is 0 Å². The highest BCUT2D eigenvalue weighted by Gasteiger charge is 2.57. The van der Waals surface area contributed by atoms with Crippen LogP contribution in [-0.2, 0) is 9.47 Å². The first-order chi connectivity index (χ1) is 13.5. The van der Waals surface area contributed by atoms with Crippen molar-refractivity contribution in [3.63, 3.8) is 0 Å². The molecule has 2 saturated carbocycles. The van der Waals surface area contributed by atoms with Crippen LogP contribution in [0.1, 0.15) is 62.7 Å². The Kier molecular flexibility index (Phi) is 3.43. The maximum atomic E-state index is 6.27. The second-order valence-corrected chi connectivity index (χ2v) is 8.59. The summed E-state index contributed by atoms with van der Waals surface area (Å²) in [6.45, 7) is 3.85. The van der Waals surface area contributed by atoms with E-state index >= 15 is 0 Å². The highest BCUT2D eigenvalue weighted by Crippen LogP contribution is 2.51. The van der Waals surface area contributed by atoms with Gasteiger partial charge in [-0.25, -0.2) is 15.0 Å². The molecule has 146 valence electrons. The molecule has 3 aromatic rings. The van der Waals surface area contributed by atoms with Gasteiger partial charge < -0.3 is 18.6 Å². The highest BCUT2D eigenvalue weighted by molar-refractivity contribution is 6.33. The lowest BCUT2D eigenvalue weighted by Gasteiger charge is -2.23. The molecule has 0 bridgehead atoms. The van der Waals surface area contributed by atoms with Crippen LogP contribution in [-0.4, -0.2) is 47.7 Å². The number of fused-ring (bicyclic) bond motifs is 2. The van der Waals surface area contributed by atoms with Crippen molar-refractivity contribution in [2.45, 2.75) is 69.0 Å². The molecule has 0 amide bonds. The number of halogens is 1. The fourth-order valence-electron chi connectivity index (χ4n) is 4.44. The molecule has 6 rings (SSSR count). The molecule has 1 aliphatic heterocycles. The molecule has 3 aliphatic rings. The summed E-state index contributed by atoms with van der Waals surface area (Å²) in [7, 11) is 0. The van der Waals surface area contributed by atoms with Crippen molar-refractivity contribution in [2.24, 2.45) is 0 Å². The zero-order valence-electron chi connectivity index (χ0n) is 15.4. The van der Waals surface area contributed by atoms with E-state index in [1.165, 1.54) is 6.33 Å². The van der Waals surface area contributed by atoms with Crippen LogP contribution in [0.25, 0.3) is 11.2 Å². The topological polar surface area (TPSA) is 101 Å². The first kappa shape index (κ1) is 16.8. The molecule has 0 radical (unpaired) electrons. The van der Waals surface area contributed by atoms with Gasteiger partial charge in [-0.1, -0.05) is 16.8 Å². The Morgan fingerprint density at radius 1 is 1.14 bits per heavy atom. The van der Waals surface area contributed by atoms with Gasteiger partial charge in [0.1, 0.15) is 24.1 Å². The summed E-state index contributed by atoms with van der Waals surface area (Å²) >= 11 is 6.18. The van der Waals surface area contributed by atoms with E-state index in [1.54, 1.807) is 6.33 Å². The van der Waals surface area contributed by atoms with Crippen molar-refractivity contribution in [3.05, 3.63) is 29.5 Å². The van der Waals surface area contributed by atoms with Crippen LogP contribution < -0.4 is 0 Å². The average molecular weight is 403 g/mol. The van der Waals surface area contributed by atoms with E-state index in [1.807, 2.05) is 18.4 Å².